The first-order chi connectivity index (χ1) is 19.8. The van der Waals surface area contributed by atoms with Crippen LogP contribution in [0.1, 0.15) is 39.2 Å². The molecule has 1 aliphatic rings. The van der Waals surface area contributed by atoms with Crippen LogP contribution in [0.2, 0.25) is 5.02 Å². The summed E-state index contributed by atoms with van der Waals surface area (Å²) < 4.78 is 13.2. The highest BCUT2D eigenvalue weighted by Crippen LogP contribution is 2.44. The zero-order valence-electron chi connectivity index (χ0n) is 23.6. The first-order valence-electron chi connectivity index (χ1n) is 13.6. The predicted octanol–water partition coefficient (Wildman–Crippen LogP) is 7.09. The molecule has 2 heterocycles. The van der Waals surface area contributed by atoms with E-state index in [0.29, 0.717) is 34.2 Å². The molecule has 0 N–H and O–H groups in total. The predicted molar refractivity (Wildman–Crippen MR) is 160 cm³/mol. The second kappa shape index (κ2) is 12.0. The van der Waals surface area contributed by atoms with Crippen molar-refractivity contribution in [2.45, 2.75) is 40.3 Å². The van der Waals surface area contributed by atoms with E-state index in [2.05, 4.69) is 4.57 Å². The van der Waals surface area contributed by atoms with Crippen molar-refractivity contribution >= 4 is 34.6 Å². The largest absolute Gasteiger partial charge is 0.463 e. The average molecular weight is 570 g/mol. The van der Waals surface area contributed by atoms with E-state index in [-0.39, 0.29) is 13.2 Å². The summed E-state index contributed by atoms with van der Waals surface area (Å²) in [6, 6.07) is 25.1. The van der Waals surface area contributed by atoms with E-state index in [4.69, 9.17) is 26.1 Å². The Morgan fingerprint density at radius 1 is 0.805 bits per heavy atom. The highest BCUT2D eigenvalue weighted by atomic mass is 35.5. The van der Waals surface area contributed by atoms with Crippen molar-refractivity contribution in [3.63, 3.8) is 0 Å². The Bertz CT molecular complexity index is 1610. The highest BCUT2D eigenvalue weighted by molar-refractivity contribution is 6.30. The molecule has 3 aromatic carbocycles. The Labute approximate surface area is 244 Å². The van der Waals surface area contributed by atoms with Crippen molar-refractivity contribution in [3.05, 3.63) is 112 Å². The minimum atomic E-state index is -0.685. The number of esters is 2. The summed E-state index contributed by atoms with van der Waals surface area (Å²) in [4.78, 5) is 34.2. The van der Waals surface area contributed by atoms with Gasteiger partial charge in [0, 0.05) is 22.0 Å². The molecule has 0 atom stereocenters. The molecule has 210 valence electrons. The van der Waals surface area contributed by atoms with Crippen molar-refractivity contribution < 1.29 is 19.1 Å². The summed E-state index contributed by atoms with van der Waals surface area (Å²) in [5.41, 5.74) is 5.62. The number of carbonyl (C=O) groups excluding carboxylic acids is 2. The maximum Gasteiger partial charge on any atom is 0.336 e. The number of halogens is 1. The van der Waals surface area contributed by atoms with Crippen LogP contribution in [0.15, 0.2) is 101 Å². The van der Waals surface area contributed by atoms with Crippen molar-refractivity contribution in [2.75, 3.05) is 13.2 Å². The fourth-order valence-electron chi connectivity index (χ4n) is 5.42. The van der Waals surface area contributed by atoms with Crippen LogP contribution in [0.25, 0.3) is 22.4 Å². The molecule has 1 aromatic heterocycles. The zero-order valence-corrected chi connectivity index (χ0v) is 24.3. The minimum Gasteiger partial charge on any atom is -0.463 e. The molecule has 4 aromatic rings. The van der Waals surface area contributed by atoms with E-state index in [1.807, 2.05) is 85.5 Å². The van der Waals surface area contributed by atoms with Gasteiger partial charge in [0.15, 0.2) is 0 Å². The Balaban J connectivity index is 1.73. The van der Waals surface area contributed by atoms with Crippen LogP contribution in [0.3, 0.4) is 0 Å². The van der Waals surface area contributed by atoms with Gasteiger partial charge >= 0.3 is 11.9 Å². The van der Waals surface area contributed by atoms with Gasteiger partial charge in [0.2, 0.25) is 0 Å². The molecule has 0 saturated carbocycles. The standard InChI is InChI=1S/C33H32ClN3O4/c1-5-40-32(38)28-21(3)36(22(4)29(33(39)41-6-2)30(28)23-16-18-25(34)19-17-23)20-37-27-15-11-10-14-26(27)35-31(37)24-12-8-7-9-13-24/h7-19,30H,5-6,20H2,1-4H3. The van der Waals surface area contributed by atoms with Gasteiger partial charge in [-0.1, -0.05) is 66.2 Å². The van der Waals surface area contributed by atoms with Gasteiger partial charge in [-0.15, -0.1) is 0 Å². The molecule has 7 nitrogen and oxygen atoms in total. The third-order valence-corrected chi connectivity index (χ3v) is 7.58. The van der Waals surface area contributed by atoms with Crippen molar-refractivity contribution in [1.82, 2.24) is 14.5 Å². The molecule has 8 heteroatoms. The monoisotopic (exact) mass is 569 g/mol. The molecular formula is C33H32ClN3O4. The lowest BCUT2D eigenvalue weighted by Crippen LogP contribution is -2.36. The van der Waals surface area contributed by atoms with E-state index in [9.17, 15) is 9.59 Å². The third-order valence-electron chi connectivity index (χ3n) is 7.33. The second-order valence-corrected chi connectivity index (χ2v) is 10.1. The molecule has 0 saturated heterocycles. The number of nitrogens with zero attached hydrogens (tertiary/aromatic N) is 3. The van der Waals surface area contributed by atoms with Crippen LogP contribution in [0, 0.1) is 0 Å². The average Bonchev–Trinajstić information content (AvgIpc) is 3.34. The maximum absolute atomic E-state index is 13.6. The molecule has 1 aliphatic heterocycles. The van der Waals surface area contributed by atoms with Crippen LogP contribution in [0.5, 0.6) is 0 Å². The van der Waals surface area contributed by atoms with Gasteiger partial charge in [-0.05, 0) is 57.5 Å². The Morgan fingerprint density at radius 3 is 1.95 bits per heavy atom. The number of benzene rings is 3. The molecule has 0 amide bonds. The first kappa shape index (κ1) is 28.2. The summed E-state index contributed by atoms with van der Waals surface area (Å²) >= 11 is 6.20. The van der Waals surface area contributed by atoms with Crippen LogP contribution in [0.4, 0.5) is 0 Å². The molecule has 0 fully saturated rings. The number of fused-ring (bicyclic) bond motifs is 1. The number of rotatable bonds is 8. The summed E-state index contributed by atoms with van der Waals surface area (Å²) in [6.07, 6.45) is 0. The zero-order chi connectivity index (χ0) is 29.1. The maximum atomic E-state index is 13.6. The quantitative estimate of drug-likeness (QED) is 0.211. The number of allylic oxidation sites excluding steroid dienone is 2. The number of aromatic nitrogens is 2. The topological polar surface area (TPSA) is 73.7 Å². The lowest BCUT2D eigenvalue weighted by Gasteiger charge is -2.38. The van der Waals surface area contributed by atoms with Crippen LogP contribution in [-0.4, -0.2) is 39.6 Å². The van der Waals surface area contributed by atoms with E-state index >= 15 is 0 Å². The van der Waals surface area contributed by atoms with Gasteiger partial charge < -0.3 is 18.9 Å². The Hall–Kier alpha value is -4.36. The SMILES string of the molecule is CCOC(=O)C1=C(C)N(Cn2c(-c3ccccc3)nc3ccccc32)C(C)=C(C(=O)OCC)C1c1ccc(Cl)cc1. The van der Waals surface area contributed by atoms with E-state index in [1.165, 1.54) is 0 Å². The third kappa shape index (κ3) is 5.37. The number of ether oxygens (including phenoxy) is 2. The molecule has 5 rings (SSSR count). The summed E-state index contributed by atoms with van der Waals surface area (Å²) in [6.45, 7) is 8.02. The van der Waals surface area contributed by atoms with Crippen LogP contribution >= 0.6 is 11.6 Å². The van der Waals surface area contributed by atoms with Crippen molar-refractivity contribution in [1.29, 1.82) is 0 Å². The van der Waals surface area contributed by atoms with Gasteiger partial charge in [-0.25, -0.2) is 14.6 Å². The van der Waals surface area contributed by atoms with E-state index < -0.39 is 17.9 Å². The first-order valence-corrected chi connectivity index (χ1v) is 14.0. The molecule has 0 bridgehead atoms. The molecule has 0 aliphatic carbocycles. The van der Waals surface area contributed by atoms with Crippen LogP contribution in [-0.2, 0) is 25.7 Å². The number of para-hydroxylation sites is 2. The molecule has 0 spiro atoms. The van der Waals surface area contributed by atoms with Crippen molar-refractivity contribution in [2.24, 2.45) is 0 Å². The Morgan fingerprint density at radius 2 is 1.37 bits per heavy atom. The minimum absolute atomic E-state index is 0.199. The summed E-state index contributed by atoms with van der Waals surface area (Å²) in [5, 5.41) is 0.559. The molecule has 0 radical (unpaired) electrons. The number of carbonyl (C=O) groups is 2. The summed E-state index contributed by atoms with van der Waals surface area (Å²) in [7, 11) is 0. The van der Waals surface area contributed by atoms with Gasteiger partial charge in [0.25, 0.3) is 0 Å². The lowest BCUT2D eigenvalue weighted by molar-refractivity contribution is -0.139. The van der Waals surface area contributed by atoms with E-state index in [0.717, 1.165) is 28.0 Å². The lowest BCUT2D eigenvalue weighted by atomic mass is 9.80. The molecular weight excluding hydrogens is 538 g/mol. The van der Waals surface area contributed by atoms with Gasteiger partial charge in [0.1, 0.15) is 12.5 Å². The van der Waals surface area contributed by atoms with Crippen molar-refractivity contribution in [3.8, 4) is 11.4 Å². The number of hydrogen-bond acceptors (Lipinski definition) is 6. The fourth-order valence-corrected chi connectivity index (χ4v) is 5.55. The highest BCUT2D eigenvalue weighted by Gasteiger charge is 2.41. The molecule has 0 unspecified atom stereocenters. The normalized spacial score (nSPS) is 14.1. The van der Waals surface area contributed by atoms with Gasteiger partial charge in [-0.3, -0.25) is 0 Å². The summed E-state index contributed by atoms with van der Waals surface area (Å²) in [5.74, 6) is -0.872. The number of hydrogen-bond donors (Lipinski definition) is 0. The fraction of sp³-hybridized carbons (Fsp3) is 0.242. The number of imidazole rings is 1. The van der Waals surface area contributed by atoms with E-state index in [1.54, 1.807) is 26.0 Å². The van der Waals surface area contributed by atoms with Gasteiger partial charge in [-0.2, -0.15) is 0 Å². The van der Waals surface area contributed by atoms with Gasteiger partial charge in [0.05, 0.1) is 41.3 Å². The molecule has 41 heavy (non-hydrogen) atoms. The Kier molecular flexibility index (Phi) is 8.26. The second-order valence-electron chi connectivity index (χ2n) is 9.71. The smallest absolute Gasteiger partial charge is 0.336 e. The van der Waals surface area contributed by atoms with Crippen LogP contribution < -0.4 is 0 Å².